The molecule has 2 unspecified atom stereocenters. The van der Waals surface area contributed by atoms with Gasteiger partial charge in [0.05, 0.1) is 6.10 Å². The van der Waals surface area contributed by atoms with Crippen LogP contribution in [0.2, 0.25) is 0 Å². The van der Waals surface area contributed by atoms with E-state index >= 15 is 0 Å². The van der Waals surface area contributed by atoms with Gasteiger partial charge in [0, 0.05) is 18.7 Å². The summed E-state index contributed by atoms with van der Waals surface area (Å²) in [6.45, 7) is 11.0. The first-order valence-electron chi connectivity index (χ1n) is 6.89. The standard InChI is InChI=1S/C14H29NO/c1-5-6-7-8-13-12(9-10-16-13)11-15-14(2,3)4/h12-13,15H,5-11H2,1-4H3. The number of ether oxygens (including phenoxy) is 1. The number of rotatable bonds is 6. The van der Waals surface area contributed by atoms with Crippen LogP contribution in [0.1, 0.15) is 59.8 Å². The van der Waals surface area contributed by atoms with Gasteiger partial charge in [-0.05, 0) is 39.5 Å². The van der Waals surface area contributed by atoms with E-state index in [1.54, 1.807) is 0 Å². The second-order valence-electron chi connectivity index (χ2n) is 6.08. The lowest BCUT2D eigenvalue weighted by Crippen LogP contribution is -2.40. The topological polar surface area (TPSA) is 21.3 Å². The Kier molecular flexibility index (Phi) is 5.77. The van der Waals surface area contributed by atoms with Crippen molar-refractivity contribution in [1.29, 1.82) is 0 Å². The largest absolute Gasteiger partial charge is 0.378 e. The lowest BCUT2D eigenvalue weighted by Gasteiger charge is -2.25. The number of hydrogen-bond donors (Lipinski definition) is 1. The zero-order valence-electron chi connectivity index (χ0n) is 11.5. The first-order valence-corrected chi connectivity index (χ1v) is 6.89. The highest BCUT2D eigenvalue weighted by Gasteiger charge is 2.28. The minimum Gasteiger partial charge on any atom is -0.378 e. The second kappa shape index (κ2) is 6.61. The van der Waals surface area contributed by atoms with Crippen molar-refractivity contribution < 1.29 is 4.74 Å². The molecule has 0 amide bonds. The Morgan fingerprint density at radius 3 is 2.62 bits per heavy atom. The van der Waals surface area contributed by atoms with E-state index in [-0.39, 0.29) is 5.54 Å². The van der Waals surface area contributed by atoms with Crippen molar-refractivity contribution in [2.24, 2.45) is 5.92 Å². The molecule has 2 atom stereocenters. The lowest BCUT2D eigenvalue weighted by molar-refractivity contribution is 0.0796. The van der Waals surface area contributed by atoms with Gasteiger partial charge < -0.3 is 10.1 Å². The van der Waals surface area contributed by atoms with Crippen LogP contribution in [0.3, 0.4) is 0 Å². The third-order valence-corrected chi connectivity index (χ3v) is 3.33. The lowest BCUT2D eigenvalue weighted by atomic mass is 9.95. The predicted octanol–water partition coefficient (Wildman–Crippen LogP) is 3.36. The van der Waals surface area contributed by atoms with Gasteiger partial charge in [0.15, 0.2) is 0 Å². The smallest absolute Gasteiger partial charge is 0.0616 e. The maximum absolute atomic E-state index is 5.84. The molecule has 0 aliphatic carbocycles. The summed E-state index contributed by atoms with van der Waals surface area (Å²) in [6, 6.07) is 0. The molecule has 2 heteroatoms. The minimum atomic E-state index is 0.233. The van der Waals surface area contributed by atoms with Crippen molar-refractivity contribution in [2.45, 2.75) is 71.4 Å². The van der Waals surface area contributed by atoms with Crippen LogP contribution in [-0.2, 0) is 4.74 Å². The molecular formula is C14H29NO. The van der Waals surface area contributed by atoms with Crippen molar-refractivity contribution in [1.82, 2.24) is 5.32 Å². The quantitative estimate of drug-likeness (QED) is 0.703. The Morgan fingerprint density at radius 2 is 2.00 bits per heavy atom. The molecule has 2 nitrogen and oxygen atoms in total. The van der Waals surface area contributed by atoms with Gasteiger partial charge >= 0.3 is 0 Å². The van der Waals surface area contributed by atoms with E-state index < -0.39 is 0 Å². The number of nitrogens with one attached hydrogen (secondary N) is 1. The fraction of sp³-hybridized carbons (Fsp3) is 1.00. The van der Waals surface area contributed by atoms with Gasteiger partial charge in [-0.3, -0.25) is 0 Å². The molecule has 1 heterocycles. The van der Waals surface area contributed by atoms with Crippen LogP contribution in [0.5, 0.6) is 0 Å². The third-order valence-electron chi connectivity index (χ3n) is 3.33. The fourth-order valence-electron chi connectivity index (χ4n) is 2.28. The highest BCUT2D eigenvalue weighted by atomic mass is 16.5. The van der Waals surface area contributed by atoms with Crippen molar-refractivity contribution in [3.05, 3.63) is 0 Å². The summed E-state index contributed by atoms with van der Waals surface area (Å²) >= 11 is 0. The molecule has 96 valence electrons. The van der Waals surface area contributed by atoms with E-state index in [1.807, 2.05) is 0 Å². The van der Waals surface area contributed by atoms with Gasteiger partial charge in [-0.1, -0.05) is 26.2 Å². The van der Waals surface area contributed by atoms with E-state index in [1.165, 1.54) is 32.1 Å². The summed E-state index contributed by atoms with van der Waals surface area (Å²) in [5, 5.41) is 3.60. The average molecular weight is 227 g/mol. The van der Waals surface area contributed by atoms with Gasteiger partial charge in [-0.25, -0.2) is 0 Å². The normalized spacial score (nSPS) is 26.2. The molecule has 1 aliphatic rings. The summed E-state index contributed by atoms with van der Waals surface area (Å²) in [7, 11) is 0. The summed E-state index contributed by atoms with van der Waals surface area (Å²) in [5.74, 6) is 0.732. The van der Waals surface area contributed by atoms with Crippen molar-refractivity contribution >= 4 is 0 Å². The van der Waals surface area contributed by atoms with E-state index in [2.05, 4.69) is 33.0 Å². The van der Waals surface area contributed by atoms with Gasteiger partial charge in [-0.2, -0.15) is 0 Å². The molecule has 1 saturated heterocycles. The predicted molar refractivity (Wildman–Crippen MR) is 69.7 cm³/mol. The molecule has 1 N–H and O–H groups in total. The summed E-state index contributed by atoms with van der Waals surface area (Å²) in [4.78, 5) is 0. The summed E-state index contributed by atoms with van der Waals surface area (Å²) < 4.78 is 5.84. The van der Waals surface area contributed by atoms with Crippen LogP contribution in [0, 0.1) is 5.92 Å². The molecule has 16 heavy (non-hydrogen) atoms. The Labute approximate surface area is 101 Å². The molecule has 1 aliphatic heterocycles. The van der Waals surface area contributed by atoms with Crippen LogP contribution in [0.25, 0.3) is 0 Å². The van der Waals surface area contributed by atoms with Crippen LogP contribution in [0.15, 0.2) is 0 Å². The summed E-state index contributed by atoms with van der Waals surface area (Å²) in [5.41, 5.74) is 0.233. The minimum absolute atomic E-state index is 0.233. The van der Waals surface area contributed by atoms with Crippen LogP contribution >= 0.6 is 0 Å². The second-order valence-corrected chi connectivity index (χ2v) is 6.08. The maximum atomic E-state index is 5.84. The van der Waals surface area contributed by atoms with Crippen molar-refractivity contribution in [3.63, 3.8) is 0 Å². The average Bonchev–Trinajstić information content (AvgIpc) is 2.62. The number of hydrogen-bond acceptors (Lipinski definition) is 2. The SMILES string of the molecule is CCCCCC1OCCC1CNC(C)(C)C. The van der Waals surface area contributed by atoms with E-state index in [4.69, 9.17) is 4.74 Å². The number of unbranched alkanes of at least 4 members (excludes halogenated alkanes) is 2. The van der Waals surface area contributed by atoms with Crippen LogP contribution in [0.4, 0.5) is 0 Å². The zero-order chi connectivity index (χ0) is 12.0. The van der Waals surface area contributed by atoms with E-state index in [9.17, 15) is 0 Å². The Hall–Kier alpha value is -0.0800. The molecule has 1 rings (SSSR count). The summed E-state index contributed by atoms with van der Waals surface area (Å²) in [6.07, 6.45) is 6.98. The van der Waals surface area contributed by atoms with Gasteiger partial charge in [0.1, 0.15) is 0 Å². The first-order chi connectivity index (χ1) is 7.53. The monoisotopic (exact) mass is 227 g/mol. The molecule has 0 spiro atoms. The molecular weight excluding hydrogens is 198 g/mol. The first kappa shape index (κ1) is 14.0. The molecule has 0 bridgehead atoms. The molecule has 0 aromatic rings. The van der Waals surface area contributed by atoms with Crippen molar-refractivity contribution in [3.8, 4) is 0 Å². The molecule has 0 saturated carbocycles. The Bertz CT molecular complexity index is 186. The molecule has 0 aromatic carbocycles. The maximum Gasteiger partial charge on any atom is 0.0616 e. The van der Waals surface area contributed by atoms with E-state index in [0.29, 0.717) is 6.10 Å². The van der Waals surface area contributed by atoms with Crippen LogP contribution in [-0.4, -0.2) is 24.8 Å². The third kappa shape index (κ3) is 5.31. The Balaban J connectivity index is 2.23. The van der Waals surface area contributed by atoms with Crippen LogP contribution < -0.4 is 5.32 Å². The highest BCUT2D eigenvalue weighted by Crippen LogP contribution is 2.25. The van der Waals surface area contributed by atoms with Gasteiger partial charge in [0.2, 0.25) is 0 Å². The zero-order valence-corrected chi connectivity index (χ0v) is 11.5. The van der Waals surface area contributed by atoms with Gasteiger partial charge in [0.25, 0.3) is 0 Å². The van der Waals surface area contributed by atoms with Gasteiger partial charge in [-0.15, -0.1) is 0 Å². The molecule has 0 aromatic heterocycles. The molecule has 1 fully saturated rings. The highest BCUT2D eigenvalue weighted by molar-refractivity contribution is 4.81. The fourth-order valence-corrected chi connectivity index (χ4v) is 2.28. The Morgan fingerprint density at radius 1 is 1.25 bits per heavy atom. The van der Waals surface area contributed by atoms with Crippen molar-refractivity contribution in [2.75, 3.05) is 13.2 Å². The molecule has 0 radical (unpaired) electrons. The van der Waals surface area contributed by atoms with E-state index in [0.717, 1.165) is 19.1 Å².